The number of nitrogens with one attached hydrogen (secondary N) is 1. The minimum atomic E-state index is -0.929. The zero-order valence-electron chi connectivity index (χ0n) is 12.0. The van der Waals surface area contributed by atoms with Crippen molar-refractivity contribution in [3.05, 3.63) is 64.1 Å². The summed E-state index contributed by atoms with van der Waals surface area (Å²) in [4.78, 5) is 23.5. The van der Waals surface area contributed by atoms with E-state index in [0.29, 0.717) is 15.6 Å². The van der Waals surface area contributed by atoms with E-state index in [2.05, 4.69) is 5.32 Å². The van der Waals surface area contributed by atoms with Crippen LogP contribution in [0.15, 0.2) is 48.5 Å². The van der Waals surface area contributed by atoms with Gasteiger partial charge in [0.1, 0.15) is 11.8 Å². The van der Waals surface area contributed by atoms with Gasteiger partial charge in [0, 0.05) is 11.1 Å². The second kappa shape index (κ2) is 7.85. The molecule has 5 nitrogen and oxygen atoms in total. The van der Waals surface area contributed by atoms with E-state index in [-0.39, 0.29) is 12.4 Å². The molecule has 1 unspecified atom stereocenters. The molecule has 0 aliphatic rings. The molecule has 120 valence electrons. The molecular weight excluding hydrogens is 339 g/mol. The van der Waals surface area contributed by atoms with Crippen LogP contribution < -0.4 is 15.8 Å². The molecule has 2 aromatic carbocycles. The number of benzene rings is 2. The number of rotatable bonds is 6. The first-order valence-corrected chi connectivity index (χ1v) is 7.44. The van der Waals surface area contributed by atoms with E-state index in [1.165, 1.54) is 6.07 Å². The first-order valence-electron chi connectivity index (χ1n) is 6.69. The fourth-order valence-corrected chi connectivity index (χ4v) is 2.23. The van der Waals surface area contributed by atoms with Gasteiger partial charge in [0.05, 0.1) is 5.02 Å². The van der Waals surface area contributed by atoms with E-state index in [0.717, 1.165) is 0 Å². The predicted octanol–water partition coefficient (Wildman–Crippen LogP) is 2.72. The van der Waals surface area contributed by atoms with Crippen molar-refractivity contribution in [1.82, 2.24) is 5.32 Å². The highest BCUT2D eigenvalue weighted by atomic mass is 35.5. The van der Waals surface area contributed by atoms with Crippen molar-refractivity contribution in [3.8, 4) is 5.75 Å². The Kier molecular flexibility index (Phi) is 5.84. The number of carbonyl (C=O) groups is 2. The minimum absolute atomic E-state index is 0.282. The molecular formula is C16H14Cl2N2O3. The summed E-state index contributed by atoms with van der Waals surface area (Å²) in [5.74, 6) is -0.885. The Morgan fingerprint density at radius 2 is 1.83 bits per heavy atom. The number of carbonyl (C=O) groups excluding carboxylic acids is 2. The highest BCUT2D eigenvalue weighted by Gasteiger charge is 2.20. The SMILES string of the molecule is NC(=O)C(NC(=O)COc1cc(Cl)ccc1Cl)c1ccccc1. The maximum atomic E-state index is 12.0. The van der Waals surface area contributed by atoms with Crippen molar-refractivity contribution in [2.75, 3.05) is 6.61 Å². The Hall–Kier alpha value is -2.24. The summed E-state index contributed by atoms with van der Waals surface area (Å²) in [5, 5.41) is 3.29. The number of nitrogens with two attached hydrogens (primary N) is 1. The molecule has 2 rings (SSSR count). The molecule has 0 fully saturated rings. The molecule has 2 aromatic rings. The van der Waals surface area contributed by atoms with Crippen LogP contribution in [0.1, 0.15) is 11.6 Å². The lowest BCUT2D eigenvalue weighted by Crippen LogP contribution is -2.39. The number of ether oxygens (including phenoxy) is 1. The Morgan fingerprint density at radius 3 is 2.48 bits per heavy atom. The lowest BCUT2D eigenvalue weighted by Gasteiger charge is -2.16. The van der Waals surface area contributed by atoms with Gasteiger partial charge in [-0.05, 0) is 17.7 Å². The molecule has 1 atom stereocenters. The topological polar surface area (TPSA) is 81.4 Å². The van der Waals surface area contributed by atoms with E-state index in [4.69, 9.17) is 33.7 Å². The fourth-order valence-electron chi connectivity index (χ4n) is 1.90. The van der Waals surface area contributed by atoms with Crippen molar-refractivity contribution in [1.29, 1.82) is 0 Å². The van der Waals surface area contributed by atoms with Gasteiger partial charge in [-0.25, -0.2) is 0 Å². The highest BCUT2D eigenvalue weighted by molar-refractivity contribution is 6.34. The van der Waals surface area contributed by atoms with Crippen LogP contribution in [-0.2, 0) is 9.59 Å². The monoisotopic (exact) mass is 352 g/mol. The Bertz CT molecular complexity index is 708. The van der Waals surface area contributed by atoms with E-state index in [1.54, 1.807) is 42.5 Å². The van der Waals surface area contributed by atoms with Crippen LogP contribution in [0.4, 0.5) is 0 Å². The van der Waals surface area contributed by atoms with Crippen LogP contribution >= 0.6 is 23.2 Å². The molecule has 3 N–H and O–H groups in total. The lowest BCUT2D eigenvalue weighted by molar-refractivity contribution is -0.128. The van der Waals surface area contributed by atoms with Crippen molar-refractivity contribution in [2.24, 2.45) is 5.73 Å². The first kappa shape index (κ1) is 17.1. The zero-order chi connectivity index (χ0) is 16.8. The predicted molar refractivity (Wildman–Crippen MR) is 88.5 cm³/mol. The Labute approximate surface area is 143 Å². The van der Waals surface area contributed by atoms with Gasteiger partial charge in [0.25, 0.3) is 5.91 Å². The summed E-state index contributed by atoms with van der Waals surface area (Å²) in [6.45, 7) is -0.323. The van der Waals surface area contributed by atoms with Gasteiger partial charge in [-0.3, -0.25) is 9.59 Å². The quantitative estimate of drug-likeness (QED) is 0.838. The van der Waals surface area contributed by atoms with E-state index in [9.17, 15) is 9.59 Å². The minimum Gasteiger partial charge on any atom is -0.482 e. The average Bonchev–Trinajstić information content (AvgIpc) is 2.54. The van der Waals surface area contributed by atoms with Crippen molar-refractivity contribution in [2.45, 2.75) is 6.04 Å². The summed E-state index contributed by atoms with van der Waals surface area (Å²) in [5.41, 5.74) is 5.93. The van der Waals surface area contributed by atoms with Gasteiger partial charge >= 0.3 is 0 Å². The standard InChI is InChI=1S/C16H14Cl2N2O3/c17-11-6-7-12(18)13(8-11)23-9-14(21)20-15(16(19)22)10-4-2-1-3-5-10/h1-8,15H,9H2,(H2,19,22)(H,20,21). The Morgan fingerprint density at radius 1 is 1.13 bits per heavy atom. The summed E-state index contributed by atoms with van der Waals surface area (Å²) in [6, 6.07) is 12.4. The molecule has 2 amide bonds. The van der Waals surface area contributed by atoms with Crippen molar-refractivity contribution in [3.63, 3.8) is 0 Å². The first-order chi connectivity index (χ1) is 11.0. The zero-order valence-corrected chi connectivity index (χ0v) is 13.5. The third-order valence-corrected chi connectivity index (χ3v) is 3.52. The number of primary amides is 1. The van der Waals surface area contributed by atoms with Gasteiger partial charge in [0.2, 0.25) is 5.91 Å². The van der Waals surface area contributed by atoms with E-state index in [1.807, 2.05) is 0 Å². The van der Waals surface area contributed by atoms with Gasteiger partial charge in [-0.15, -0.1) is 0 Å². The van der Waals surface area contributed by atoms with Crippen molar-refractivity contribution >= 4 is 35.0 Å². The van der Waals surface area contributed by atoms with Gasteiger partial charge in [-0.2, -0.15) is 0 Å². The number of hydrogen-bond acceptors (Lipinski definition) is 3. The lowest BCUT2D eigenvalue weighted by atomic mass is 10.1. The highest BCUT2D eigenvalue weighted by Crippen LogP contribution is 2.27. The molecule has 0 saturated heterocycles. The van der Waals surface area contributed by atoms with Crippen LogP contribution in [-0.4, -0.2) is 18.4 Å². The van der Waals surface area contributed by atoms with Gasteiger partial charge in [-0.1, -0.05) is 53.5 Å². The summed E-state index contributed by atoms with van der Waals surface area (Å²) in [6.07, 6.45) is 0. The molecule has 0 aromatic heterocycles. The Balaban J connectivity index is 2.00. The molecule has 0 bridgehead atoms. The number of amides is 2. The number of halogens is 2. The van der Waals surface area contributed by atoms with E-state index >= 15 is 0 Å². The summed E-state index contributed by atoms with van der Waals surface area (Å²) in [7, 11) is 0. The molecule has 0 saturated carbocycles. The summed E-state index contributed by atoms with van der Waals surface area (Å²) < 4.78 is 5.32. The normalized spacial score (nSPS) is 11.6. The fraction of sp³-hybridized carbons (Fsp3) is 0.125. The van der Waals surface area contributed by atoms with E-state index < -0.39 is 17.9 Å². The maximum absolute atomic E-state index is 12.0. The molecule has 0 heterocycles. The molecule has 0 aliphatic carbocycles. The average molecular weight is 353 g/mol. The third-order valence-electron chi connectivity index (χ3n) is 2.97. The van der Waals surface area contributed by atoms with Crippen LogP contribution in [0.25, 0.3) is 0 Å². The van der Waals surface area contributed by atoms with Crippen molar-refractivity contribution < 1.29 is 14.3 Å². The van der Waals surface area contributed by atoms with Crippen LogP contribution in [0.2, 0.25) is 10.0 Å². The molecule has 0 radical (unpaired) electrons. The van der Waals surface area contributed by atoms with Crippen LogP contribution in [0.5, 0.6) is 5.75 Å². The second-order valence-electron chi connectivity index (χ2n) is 4.68. The number of hydrogen-bond donors (Lipinski definition) is 2. The smallest absolute Gasteiger partial charge is 0.258 e. The third kappa shape index (κ3) is 4.87. The maximum Gasteiger partial charge on any atom is 0.258 e. The molecule has 0 spiro atoms. The second-order valence-corrected chi connectivity index (χ2v) is 5.52. The van der Waals surface area contributed by atoms with Gasteiger partial charge < -0.3 is 15.8 Å². The van der Waals surface area contributed by atoms with Crippen LogP contribution in [0, 0.1) is 0 Å². The molecule has 23 heavy (non-hydrogen) atoms. The summed E-state index contributed by atoms with van der Waals surface area (Å²) >= 11 is 11.8. The molecule has 7 heteroatoms. The largest absolute Gasteiger partial charge is 0.482 e. The van der Waals surface area contributed by atoms with Gasteiger partial charge in [0.15, 0.2) is 6.61 Å². The molecule has 0 aliphatic heterocycles. The van der Waals surface area contributed by atoms with Crippen LogP contribution in [0.3, 0.4) is 0 Å².